The number of rotatable bonds is 0. The molecule has 1 rings (SSSR count). The van der Waals surface area contributed by atoms with Gasteiger partial charge in [0.15, 0.2) is 0 Å². The summed E-state index contributed by atoms with van der Waals surface area (Å²) < 4.78 is 0. The smallest absolute Gasteiger partial charge is 0.129 e. The summed E-state index contributed by atoms with van der Waals surface area (Å²) >= 11 is 0. The van der Waals surface area contributed by atoms with Crippen molar-refractivity contribution < 1.29 is 0 Å². The third kappa shape index (κ3) is 3.32. The fourth-order valence-electron chi connectivity index (χ4n) is 1.53. The SMILES string of the molecule is CC1(C)NCC/C1=C\C#C[Si](C)(C)C. The molecule has 1 fully saturated rings. The van der Waals surface area contributed by atoms with Crippen LogP contribution in [0, 0.1) is 11.5 Å². The minimum absolute atomic E-state index is 0.161. The van der Waals surface area contributed by atoms with E-state index in [1.165, 1.54) is 5.57 Å². The van der Waals surface area contributed by atoms with Gasteiger partial charge in [-0.25, -0.2) is 0 Å². The van der Waals surface area contributed by atoms with Crippen molar-refractivity contribution >= 4 is 8.07 Å². The molecule has 0 radical (unpaired) electrons. The maximum absolute atomic E-state index is 3.47. The molecule has 0 spiro atoms. The summed E-state index contributed by atoms with van der Waals surface area (Å²) in [6, 6.07) is 0. The average molecular weight is 207 g/mol. The van der Waals surface area contributed by atoms with Crippen LogP contribution in [0.25, 0.3) is 0 Å². The topological polar surface area (TPSA) is 12.0 Å². The van der Waals surface area contributed by atoms with Crippen molar-refractivity contribution in [2.45, 2.75) is 45.4 Å². The Hall–Kier alpha value is -0.523. The van der Waals surface area contributed by atoms with E-state index in [-0.39, 0.29) is 5.54 Å². The average Bonchev–Trinajstić information content (AvgIpc) is 2.28. The van der Waals surface area contributed by atoms with Crippen LogP contribution >= 0.6 is 0 Å². The van der Waals surface area contributed by atoms with E-state index in [0.29, 0.717) is 0 Å². The van der Waals surface area contributed by atoms with Gasteiger partial charge in [0, 0.05) is 5.54 Å². The molecule has 0 bridgehead atoms. The van der Waals surface area contributed by atoms with Gasteiger partial charge < -0.3 is 5.32 Å². The van der Waals surface area contributed by atoms with Gasteiger partial charge in [-0.2, -0.15) is 0 Å². The number of nitrogens with one attached hydrogen (secondary N) is 1. The van der Waals surface area contributed by atoms with Gasteiger partial charge in [-0.15, -0.1) is 5.54 Å². The molecule has 78 valence electrons. The predicted octanol–water partition coefficient (Wildman–Crippen LogP) is 2.57. The molecule has 1 N–H and O–H groups in total. The first-order chi connectivity index (χ1) is 6.31. The molecule has 0 amide bonds. The zero-order chi connectivity index (χ0) is 10.8. The third-order valence-corrected chi connectivity index (χ3v) is 3.35. The van der Waals surface area contributed by atoms with Crippen LogP contribution in [0.3, 0.4) is 0 Å². The minimum atomic E-state index is -1.20. The summed E-state index contributed by atoms with van der Waals surface area (Å²) in [6.45, 7) is 12.4. The first-order valence-corrected chi connectivity index (χ1v) is 8.78. The van der Waals surface area contributed by atoms with Crippen LogP contribution in [0.4, 0.5) is 0 Å². The summed E-state index contributed by atoms with van der Waals surface area (Å²) in [5.74, 6) is 3.23. The minimum Gasteiger partial charge on any atom is -0.308 e. The highest BCUT2D eigenvalue weighted by molar-refractivity contribution is 6.83. The van der Waals surface area contributed by atoms with Crippen molar-refractivity contribution in [3.8, 4) is 11.5 Å². The van der Waals surface area contributed by atoms with Crippen molar-refractivity contribution in [1.29, 1.82) is 0 Å². The summed E-state index contributed by atoms with van der Waals surface area (Å²) in [5.41, 5.74) is 4.98. The lowest BCUT2D eigenvalue weighted by Gasteiger charge is -2.19. The van der Waals surface area contributed by atoms with Gasteiger partial charge in [0.2, 0.25) is 0 Å². The van der Waals surface area contributed by atoms with Crippen LogP contribution in [0.1, 0.15) is 20.3 Å². The largest absolute Gasteiger partial charge is 0.308 e. The summed E-state index contributed by atoms with van der Waals surface area (Å²) in [6.07, 6.45) is 3.27. The van der Waals surface area contributed by atoms with Crippen molar-refractivity contribution in [3.05, 3.63) is 11.6 Å². The molecule has 0 atom stereocenters. The Labute approximate surface area is 89.0 Å². The van der Waals surface area contributed by atoms with Gasteiger partial charge in [0.05, 0.1) is 0 Å². The van der Waals surface area contributed by atoms with Gasteiger partial charge >= 0.3 is 0 Å². The van der Waals surface area contributed by atoms with E-state index in [1.54, 1.807) is 0 Å². The lowest BCUT2D eigenvalue weighted by molar-refractivity contribution is 0.528. The normalized spacial score (nSPS) is 23.4. The van der Waals surface area contributed by atoms with Gasteiger partial charge in [0.25, 0.3) is 0 Å². The molecular formula is C12H21NSi. The van der Waals surface area contributed by atoms with E-state index in [1.807, 2.05) is 0 Å². The van der Waals surface area contributed by atoms with E-state index in [2.05, 4.69) is 56.3 Å². The second-order valence-electron chi connectivity index (χ2n) is 5.49. The Balaban J connectivity index is 2.74. The second kappa shape index (κ2) is 3.92. The number of hydrogen-bond donors (Lipinski definition) is 1. The molecule has 14 heavy (non-hydrogen) atoms. The fraction of sp³-hybridized carbons (Fsp3) is 0.667. The first kappa shape index (κ1) is 11.6. The molecule has 0 aromatic heterocycles. The molecule has 0 aromatic carbocycles. The number of hydrogen-bond acceptors (Lipinski definition) is 1. The Kier molecular flexibility index (Phi) is 3.23. The van der Waals surface area contributed by atoms with Crippen molar-refractivity contribution in [2.75, 3.05) is 6.54 Å². The van der Waals surface area contributed by atoms with Gasteiger partial charge in [-0.1, -0.05) is 25.6 Å². The molecular weight excluding hydrogens is 186 g/mol. The first-order valence-electron chi connectivity index (χ1n) is 5.28. The fourth-order valence-corrected chi connectivity index (χ4v) is 2.03. The molecule has 1 heterocycles. The second-order valence-corrected chi connectivity index (χ2v) is 10.2. The standard InChI is InChI=1S/C12H21NSi/c1-12(2)11(8-9-13-12)7-6-10-14(3,4)5/h7,13H,8-9H2,1-5H3/b11-7+. The molecule has 1 saturated heterocycles. The lowest BCUT2D eigenvalue weighted by atomic mass is 9.96. The van der Waals surface area contributed by atoms with Crippen LogP contribution < -0.4 is 5.32 Å². The molecule has 1 nitrogen and oxygen atoms in total. The van der Waals surface area contributed by atoms with Crippen molar-refractivity contribution in [2.24, 2.45) is 0 Å². The van der Waals surface area contributed by atoms with E-state index in [4.69, 9.17) is 0 Å². The predicted molar refractivity (Wildman–Crippen MR) is 65.9 cm³/mol. The van der Waals surface area contributed by atoms with Gasteiger partial charge in [-0.05, 0) is 38.5 Å². The molecule has 1 aliphatic heterocycles. The maximum Gasteiger partial charge on any atom is 0.129 e. The molecule has 0 saturated carbocycles. The maximum atomic E-state index is 3.47. The van der Waals surface area contributed by atoms with Crippen molar-refractivity contribution in [1.82, 2.24) is 5.32 Å². The zero-order valence-corrected chi connectivity index (χ0v) is 11.0. The molecule has 0 aromatic rings. The summed E-state index contributed by atoms with van der Waals surface area (Å²) in [4.78, 5) is 0. The highest BCUT2D eigenvalue weighted by atomic mass is 28.3. The summed E-state index contributed by atoms with van der Waals surface area (Å²) in [5, 5.41) is 3.47. The lowest BCUT2D eigenvalue weighted by Crippen LogP contribution is -2.33. The number of allylic oxidation sites excluding steroid dienone is 1. The Morgan fingerprint density at radius 2 is 2.00 bits per heavy atom. The molecule has 2 heteroatoms. The van der Waals surface area contributed by atoms with E-state index in [0.717, 1.165) is 13.0 Å². The third-order valence-electron chi connectivity index (χ3n) is 2.46. The Morgan fingerprint density at radius 3 is 2.43 bits per heavy atom. The van der Waals surface area contributed by atoms with Crippen LogP contribution in [-0.2, 0) is 0 Å². The van der Waals surface area contributed by atoms with Gasteiger partial charge in [0.1, 0.15) is 8.07 Å². The zero-order valence-electron chi connectivity index (χ0n) is 9.99. The van der Waals surface area contributed by atoms with E-state index < -0.39 is 8.07 Å². The highest BCUT2D eigenvalue weighted by Gasteiger charge is 2.27. The van der Waals surface area contributed by atoms with Crippen molar-refractivity contribution in [3.63, 3.8) is 0 Å². The van der Waals surface area contributed by atoms with Crippen LogP contribution in [0.2, 0.25) is 19.6 Å². The molecule has 0 aliphatic carbocycles. The molecule has 0 unspecified atom stereocenters. The van der Waals surface area contributed by atoms with E-state index >= 15 is 0 Å². The monoisotopic (exact) mass is 207 g/mol. The Morgan fingerprint density at radius 1 is 1.36 bits per heavy atom. The van der Waals surface area contributed by atoms with Crippen LogP contribution in [0.15, 0.2) is 11.6 Å². The van der Waals surface area contributed by atoms with Crippen LogP contribution in [-0.4, -0.2) is 20.2 Å². The highest BCUT2D eigenvalue weighted by Crippen LogP contribution is 2.24. The quantitative estimate of drug-likeness (QED) is 0.475. The van der Waals surface area contributed by atoms with Crippen LogP contribution in [0.5, 0.6) is 0 Å². The molecule has 1 aliphatic rings. The Bertz CT molecular complexity index is 297. The summed E-state index contributed by atoms with van der Waals surface area (Å²) in [7, 11) is -1.20. The van der Waals surface area contributed by atoms with E-state index in [9.17, 15) is 0 Å². The van der Waals surface area contributed by atoms with Gasteiger partial charge in [-0.3, -0.25) is 0 Å².